The Balaban J connectivity index is 1.20. The minimum absolute atomic E-state index is 0.0891. The maximum atomic E-state index is 12.9. The summed E-state index contributed by atoms with van der Waals surface area (Å²) in [5.74, 6) is -0.275. The number of nitrogens with two attached hydrogens (primary N) is 1. The van der Waals surface area contributed by atoms with E-state index in [1.54, 1.807) is 16.3 Å². The second kappa shape index (κ2) is 8.97. The molecule has 0 aliphatic carbocycles. The van der Waals surface area contributed by atoms with Gasteiger partial charge < -0.3 is 20.0 Å². The zero-order valence-electron chi connectivity index (χ0n) is 18.2. The van der Waals surface area contributed by atoms with E-state index in [-0.39, 0.29) is 29.6 Å². The summed E-state index contributed by atoms with van der Waals surface area (Å²) in [6.07, 6.45) is 3.09. The highest BCUT2D eigenvalue weighted by molar-refractivity contribution is 7.09. The number of fused-ring (bicyclic) bond motifs is 1. The van der Waals surface area contributed by atoms with Gasteiger partial charge in [0.2, 0.25) is 5.91 Å². The largest absolute Gasteiger partial charge is 0.451 e. The van der Waals surface area contributed by atoms with Crippen LogP contribution in [0.3, 0.4) is 0 Å². The van der Waals surface area contributed by atoms with Crippen molar-refractivity contribution in [1.82, 2.24) is 14.8 Å². The quantitative estimate of drug-likeness (QED) is 0.635. The number of primary amides is 1. The van der Waals surface area contributed by atoms with Crippen LogP contribution in [0.5, 0.6) is 0 Å². The van der Waals surface area contributed by atoms with Crippen LogP contribution in [0.2, 0.25) is 0 Å². The molecule has 0 radical (unpaired) electrons. The molecular weight excluding hydrogens is 440 g/mol. The van der Waals surface area contributed by atoms with E-state index in [4.69, 9.17) is 10.2 Å². The van der Waals surface area contributed by atoms with Crippen LogP contribution in [0.15, 0.2) is 40.1 Å². The number of amides is 3. The van der Waals surface area contributed by atoms with Gasteiger partial charge in [-0.05, 0) is 37.8 Å². The molecule has 3 amide bonds. The van der Waals surface area contributed by atoms with Crippen molar-refractivity contribution in [1.29, 1.82) is 0 Å². The van der Waals surface area contributed by atoms with Crippen molar-refractivity contribution in [2.45, 2.75) is 31.6 Å². The van der Waals surface area contributed by atoms with Gasteiger partial charge in [0.05, 0.1) is 10.9 Å². The number of benzene rings is 1. The van der Waals surface area contributed by atoms with Crippen LogP contribution in [-0.2, 0) is 4.79 Å². The second-order valence-electron chi connectivity index (χ2n) is 8.78. The number of hydrogen-bond donors (Lipinski definition) is 1. The zero-order chi connectivity index (χ0) is 22.9. The fourth-order valence-electron chi connectivity index (χ4n) is 4.70. The lowest BCUT2D eigenvalue weighted by Crippen LogP contribution is -2.44. The molecule has 33 heavy (non-hydrogen) atoms. The van der Waals surface area contributed by atoms with Crippen LogP contribution in [0.25, 0.3) is 11.0 Å². The third-order valence-corrected chi connectivity index (χ3v) is 7.63. The molecule has 5 rings (SSSR count). The molecule has 0 bridgehead atoms. The SMILES string of the molecule is NC(=O)C1CCCN(C(=O)c2csc(C3CCN(C(=O)c4cc5ccccc5o4)CC3)n2)C1. The molecule has 2 fully saturated rings. The molecule has 1 aromatic carbocycles. The summed E-state index contributed by atoms with van der Waals surface area (Å²) < 4.78 is 5.73. The van der Waals surface area contributed by atoms with Gasteiger partial charge in [-0.2, -0.15) is 0 Å². The zero-order valence-corrected chi connectivity index (χ0v) is 19.1. The normalized spacial score (nSPS) is 19.7. The fraction of sp³-hybridized carbons (Fsp3) is 0.417. The third-order valence-electron chi connectivity index (χ3n) is 6.62. The number of likely N-dealkylation sites (tertiary alicyclic amines) is 2. The first-order valence-electron chi connectivity index (χ1n) is 11.3. The van der Waals surface area contributed by atoms with Crippen LogP contribution < -0.4 is 5.73 Å². The molecule has 2 aliphatic rings. The van der Waals surface area contributed by atoms with Crippen molar-refractivity contribution in [2.75, 3.05) is 26.2 Å². The van der Waals surface area contributed by atoms with E-state index in [0.717, 1.165) is 36.1 Å². The van der Waals surface area contributed by atoms with Gasteiger partial charge in [-0.3, -0.25) is 14.4 Å². The Hall–Kier alpha value is -3.20. The summed E-state index contributed by atoms with van der Waals surface area (Å²) in [6.45, 7) is 2.23. The molecule has 2 saturated heterocycles. The highest BCUT2D eigenvalue weighted by atomic mass is 32.1. The van der Waals surface area contributed by atoms with E-state index < -0.39 is 0 Å². The lowest BCUT2D eigenvalue weighted by molar-refractivity contribution is -0.123. The molecule has 3 aromatic rings. The predicted octanol–water partition coefficient (Wildman–Crippen LogP) is 3.25. The van der Waals surface area contributed by atoms with Crippen molar-refractivity contribution in [3.8, 4) is 0 Å². The summed E-state index contributed by atoms with van der Waals surface area (Å²) in [5, 5.41) is 3.65. The molecular formula is C24H26N4O4S. The van der Waals surface area contributed by atoms with E-state index in [9.17, 15) is 14.4 Å². The highest BCUT2D eigenvalue weighted by Gasteiger charge is 2.31. The molecule has 2 aliphatic heterocycles. The molecule has 2 aromatic heterocycles. The first kappa shape index (κ1) is 21.6. The van der Waals surface area contributed by atoms with E-state index in [1.807, 2.05) is 29.2 Å². The van der Waals surface area contributed by atoms with Gasteiger partial charge in [0, 0.05) is 42.9 Å². The Morgan fingerprint density at radius 1 is 1.03 bits per heavy atom. The number of carbonyl (C=O) groups excluding carboxylic acids is 3. The maximum Gasteiger partial charge on any atom is 0.289 e. The molecule has 0 spiro atoms. The number of hydrogen-bond acceptors (Lipinski definition) is 6. The molecule has 2 N–H and O–H groups in total. The van der Waals surface area contributed by atoms with Gasteiger partial charge in [0.15, 0.2) is 5.76 Å². The average Bonchev–Trinajstić information content (AvgIpc) is 3.51. The van der Waals surface area contributed by atoms with E-state index in [2.05, 4.69) is 4.98 Å². The molecule has 172 valence electrons. The number of furan rings is 1. The number of para-hydroxylation sites is 1. The lowest BCUT2D eigenvalue weighted by Gasteiger charge is -2.31. The van der Waals surface area contributed by atoms with Crippen molar-refractivity contribution < 1.29 is 18.8 Å². The Bertz CT molecular complexity index is 1160. The Morgan fingerprint density at radius 2 is 1.82 bits per heavy atom. The molecule has 4 heterocycles. The topological polar surface area (TPSA) is 110 Å². The lowest BCUT2D eigenvalue weighted by atomic mass is 9.97. The summed E-state index contributed by atoms with van der Waals surface area (Å²) in [7, 11) is 0. The summed E-state index contributed by atoms with van der Waals surface area (Å²) in [6, 6.07) is 9.40. The first-order chi connectivity index (χ1) is 16.0. The van der Waals surface area contributed by atoms with Crippen LogP contribution in [-0.4, -0.2) is 58.7 Å². The minimum atomic E-state index is -0.351. The highest BCUT2D eigenvalue weighted by Crippen LogP contribution is 2.32. The summed E-state index contributed by atoms with van der Waals surface area (Å²) in [5.41, 5.74) is 6.58. The average molecular weight is 467 g/mol. The van der Waals surface area contributed by atoms with Gasteiger partial charge in [0.1, 0.15) is 11.3 Å². The number of aromatic nitrogens is 1. The molecule has 1 atom stereocenters. The van der Waals surface area contributed by atoms with Crippen LogP contribution in [0.1, 0.15) is 57.7 Å². The van der Waals surface area contributed by atoms with Gasteiger partial charge in [0.25, 0.3) is 11.8 Å². The standard InChI is InChI=1S/C24H26N4O4S/c25-21(29)17-5-3-9-28(13-17)23(30)18-14-33-22(26-18)15-7-10-27(11-8-15)24(31)20-12-16-4-1-2-6-19(16)32-20/h1-2,4,6,12,14-15,17H,3,5,7-11,13H2,(H2,25,29). The minimum Gasteiger partial charge on any atom is -0.451 e. The Kier molecular flexibility index (Phi) is 5.88. The number of nitrogens with zero attached hydrogens (tertiary/aromatic N) is 3. The van der Waals surface area contributed by atoms with Crippen molar-refractivity contribution >= 4 is 40.0 Å². The van der Waals surface area contributed by atoms with Crippen molar-refractivity contribution in [3.05, 3.63) is 52.2 Å². The van der Waals surface area contributed by atoms with Gasteiger partial charge in [-0.15, -0.1) is 11.3 Å². The Morgan fingerprint density at radius 3 is 2.58 bits per heavy atom. The van der Waals surface area contributed by atoms with Crippen LogP contribution in [0.4, 0.5) is 0 Å². The second-order valence-corrected chi connectivity index (χ2v) is 9.67. The number of rotatable bonds is 4. The number of carbonyl (C=O) groups is 3. The predicted molar refractivity (Wildman–Crippen MR) is 124 cm³/mol. The summed E-state index contributed by atoms with van der Waals surface area (Å²) in [4.78, 5) is 45.4. The first-order valence-corrected chi connectivity index (χ1v) is 12.2. The number of thiazole rings is 1. The fourth-order valence-corrected chi connectivity index (χ4v) is 5.67. The molecule has 0 saturated carbocycles. The molecule has 1 unspecified atom stereocenters. The smallest absolute Gasteiger partial charge is 0.289 e. The Labute approximate surface area is 195 Å². The van der Waals surface area contributed by atoms with Gasteiger partial charge >= 0.3 is 0 Å². The van der Waals surface area contributed by atoms with Crippen LogP contribution >= 0.6 is 11.3 Å². The van der Waals surface area contributed by atoms with Gasteiger partial charge in [-0.25, -0.2) is 4.98 Å². The van der Waals surface area contributed by atoms with E-state index in [1.165, 1.54) is 11.3 Å². The van der Waals surface area contributed by atoms with Crippen LogP contribution in [0, 0.1) is 5.92 Å². The molecule has 8 nitrogen and oxygen atoms in total. The van der Waals surface area contributed by atoms with Crippen molar-refractivity contribution in [2.24, 2.45) is 11.7 Å². The van der Waals surface area contributed by atoms with Gasteiger partial charge in [-0.1, -0.05) is 18.2 Å². The summed E-state index contributed by atoms with van der Waals surface area (Å²) >= 11 is 1.49. The number of piperidine rings is 2. The van der Waals surface area contributed by atoms with E-state index >= 15 is 0 Å². The van der Waals surface area contributed by atoms with Crippen molar-refractivity contribution in [3.63, 3.8) is 0 Å². The monoisotopic (exact) mass is 466 g/mol. The van der Waals surface area contributed by atoms with E-state index in [0.29, 0.717) is 43.2 Å². The molecule has 9 heteroatoms. The maximum absolute atomic E-state index is 12.9. The third kappa shape index (κ3) is 4.37.